The van der Waals surface area contributed by atoms with Gasteiger partial charge in [-0.3, -0.25) is 4.79 Å². The fourth-order valence-electron chi connectivity index (χ4n) is 1.98. The minimum absolute atomic E-state index is 0.131. The van der Waals surface area contributed by atoms with Gasteiger partial charge in [0.2, 0.25) is 0 Å². The van der Waals surface area contributed by atoms with Crippen LogP contribution < -0.4 is 11.1 Å². The Hall–Kier alpha value is -2.33. The number of phenols is 1. The Morgan fingerprint density at radius 1 is 1.15 bits per heavy atom. The summed E-state index contributed by atoms with van der Waals surface area (Å²) in [6.07, 6.45) is 0. The molecule has 1 unspecified atom stereocenters. The Balaban J connectivity index is 2.22. The van der Waals surface area contributed by atoms with Crippen LogP contribution in [0.15, 0.2) is 54.6 Å². The van der Waals surface area contributed by atoms with Crippen LogP contribution >= 0.6 is 0 Å². The van der Waals surface area contributed by atoms with E-state index in [9.17, 15) is 9.90 Å². The third-order valence-electron chi connectivity index (χ3n) is 3.34. The molecule has 2 rings (SSSR count). The third-order valence-corrected chi connectivity index (χ3v) is 3.34. The maximum atomic E-state index is 12.3. The van der Waals surface area contributed by atoms with E-state index in [2.05, 4.69) is 5.32 Å². The molecular formula is C16H18N2O2. The lowest BCUT2D eigenvalue weighted by atomic mass is 9.91. The monoisotopic (exact) mass is 270 g/mol. The number of phenolic OH excluding ortho intramolecular Hbond substituents is 1. The minimum Gasteiger partial charge on any atom is -0.508 e. The molecule has 4 N–H and O–H groups in total. The van der Waals surface area contributed by atoms with Crippen LogP contribution in [-0.4, -0.2) is 17.6 Å². The van der Waals surface area contributed by atoms with Crippen LogP contribution in [0.1, 0.15) is 22.8 Å². The number of hydrogen-bond acceptors (Lipinski definition) is 3. The fourth-order valence-corrected chi connectivity index (χ4v) is 1.98. The molecule has 0 heterocycles. The summed E-state index contributed by atoms with van der Waals surface area (Å²) in [5.41, 5.74) is 6.64. The van der Waals surface area contributed by atoms with Gasteiger partial charge in [0.1, 0.15) is 5.75 Å². The molecule has 104 valence electrons. The van der Waals surface area contributed by atoms with Crippen molar-refractivity contribution >= 4 is 5.91 Å². The van der Waals surface area contributed by atoms with Crippen molar-refractivity contribution in [3.05, 3.63) is 65.7 Å². The molecule has 4 nitrogen and oxygen atoms in total. The molecule has 0 radical (unpaired) electrons. The first kappa shape index (κ1) is 14.1. The molecule has 0 saturated carbocycles. The zero-order valence-corrected chi connectivity index (χ0v) is 11.3. The molecule has 0 aliphatic rings. The normalized spacial score (nSPS) is 13.5. The van der Waals surface area contributed by atoms with Crippen molar-refractivity contribution in [2.24, 2.45) is 5.73 Å². The molecule has 2 aromatic rings. The van der Waals surface area contributed by atoms with Crippen molar-refractivity contribution in [1.82, 2.24) is 5.32 Å². The Morgan fingerprint density at radius 2 is 1.75 bits per heavy atom. The number of amides is 1. The van der Waals surface area contributed by atoms with Gasteiger partial charge in [0, 0.05) is 12.1 Å². The van der Waals surface area contributed by atoms with E-state index in [1.807, 2.05) is 37.3 Å². The SMILES string of the molecule is CC(CN)(NC(=O)c1ccc(O)cc1)c1ccccc1. The van der Waals surface area contributed by atoms with Gasteiger partial charge < -0.3 is 16.2 Å². The van der Waals surface area contributed by atoms with E-state index in [1.165, 1.54) is 12.1 Å². The molecule has 0 fully saturated rings. The number of carbonyl (C=O) groups excluding carboxylic acids is 1. The van der Waals surface area contributed by atoms with Crippen LogP contribution in [0.5, 0.6) is 5.75 Å². The van der Waals surface area contributed by atoms with Crippen LogP contribution in [0.3, 0.4) is 0 Å². The lowest BCUT2D eigenvalue weighted by Gasteiger charge is -2.30. The first-order valence-electron chi connectivity index (χ1n) is 6.42. The Morgan fingerprint density at radius 3 is 2.30 bits per heavy atom. The summed E-state index contributed by atoms with van der Waals surface area (Å²) in [4.78, 5) is 12.3. The van der Waals surface area contributed by atoms with Gasteiger partial charge in [-0.05, 0) is 36.8 Å². The van der Waals surface area contributed by atoms with Crippen LogP contribution in [0.4, 0.5) is 0 Å². The van der Waals surface area contributed by atoms with E-state index in [1.54, 1.807) is 12.1 Å². The minimum atomic E-state index is -0.629. The highest BCUT2D eigenvalue weighted by Gasteiger charge is 2.27. The summed E-state index contributed by atoms with van der Waals surface area (Å²) in [5.74, 6) is -0.0898. The molecule has 1 atom stereocenters. The molecule has 2 aromatic carbocycles. The molecule has 0 bridgehead atoms. The summed E-state index contributed by atoms with van der Waals surface area (Å²) in [6, 6.07) is 15.7. The van der Waals surface area contributed by atoms with E-state index in [0.717, 1.165) is 5.56 Å². The molecule has 0 aromatic heterocycles. The average molecular weight is 270 g/mol. The van der Waals surface area contributed by atoms with Crippen molar-refractivity contribution < 1.29 is 9.90 Å². The third kappa shape index (κ3) is 2.97. The standard InChI is InChI=1S/C16H18N2O2/c1-16(11-17,13-5-3-2-4-6-13)18-15(20)12-7-9-14(19)10-8-12/h2-10,19H,11,17H2,1H3,(H,18,20). The molecule has 0 saturated heterocycles. The Bertz CT molecular complexity index is 581. The van der Waals surface area contributed by atoms with E-state index in [0.29, 0.717) is 12.1 Å². The first-order chi connectivity index (χ1) is 9.55. The highest BCUT2D eigenvalue weighted by molar-refractivity contribution is 5.94. The summed E-state index contributed by atoms with van der Waals surface area (Å²) < 4.78 is 0. The molecule has 1 amide bonds. The van der Waals surface area contributed by atoms with E-state index >= 15 is 0 Å². The Labute approximate surface area is 118 Å². The highest BCUT2D eigenvalue weighted by atomic mass is 16.3. The number of aromatic hydroxyl groups is 1. The van der Waals surface area contributed by atoms with Gasteiger partial charge in [0.25, 0.3) is 5.91 Å². The van der Waals surface area contributed by atoms with E-state index in [-0.39, 0.29) is 11.7 Å². The highest BCUT2D eigenvalue weighted by Crippen LogP contribution is 2.20. The second-order valence-electron chi connectivity index (χ2n) is 4.90. The Kier molecular flexibility index (Phi) is 4.05. The first-order valence-corrected chi connectivity index (χ1v) is 6.42. The van der Waals surface area contributed by atoms with E-state index < -0.39 is 5.54 Å². The van der Waals surface area contributed by atoms with Crippen molar-refractivity contribution in [2.75, 3.05) is 6.54 Å². The van der Waals surface area contributed by atoms with Gasteiger partial charge in [-0.25, -0.2) is 0 Å². The van der Waals surface area contributed by atoms with Crippen molar-refractivity contribution in [1.29, 1.82) is 0 Å². The van der Waals surface area contributed by atoms with Crippen molar-refractivity contribution in [2.45, 2.75) is 12.5 Å². The maximum Gasteiger partial charge on any atom is 0.252 e. The molecule has 0 aliphatic carbocycles. The molecular weight excluding hydrogens is 252 g/mol. The summed E-state index contributed by atoms with van der Waals surface area (Å²) in [7, 11) is 0. The molecule has 20 heavy (non-hydrogen) atoms. The lowest BCUT2D eigenvalue weighted by Crippen LogP contribution is -2.48. The van der Waals surface area contributed by atoms with Gasteiger partial charge in [-0.1, -0.05) is 30.3 Å². The molecule has 4 heteroatoms. The van der Waals surface area contributed by atoms with Crippen molar-refractivity contribution in [3.8, 4) is 5.75 Å². The number of nitrogens with two attached hydrogens (primary N) is 1. The van der Waals surface area contributed by atoms with Crippen LogP contribution in [0.2, 0.25) is 0 Å². The fraction of sp³-hybridized carbons (Fsp3) is 0.188. The zero-order valence-electron chi connectivity index (χ0n) is 11.3. The molecule has 0 spiro atoms. The average Bonchev–Trinajstić information content (AvgIpc) is 2.48. The number of hydrogen-bond donors (Lipinski definition) is 3. The molecule has 0 aliphatic heterocycles. The van der Waals surface area contributed by atoms with Crippen LogP contribution in [0.25, 0.3) is 0 Å². The van der Waals surface area contributed by atoms with Crippen LogP contribution in [-0.2, 0) is 5.54 Å². The summed E-state index contributed by atoms with van der Waals surface area (Å²) in [6.45, 7) is 2.18. The van der Waals surface area contributed by atoms with Gasteiger partial charge in [0.15, 0.2) is 0 Å². The van der Waals surface area contributed by atoms with Crippen LogP contribution in [0, 0.1) is 0 Å². The van der Waals surface area contributed by atoms with Gasteiger partial charge >= 0.3 is 0 Å². The number of benzene rings is 2. The predicted octanol–water partition coefficient (Wildman–Crippen LogP) is 2.00. The largest absolute Gasteiger partial charge is 0.508 e. The maximum absolute atomic E-state index is 12.3. The summed E-state index contributed by atoms with van der Waals surface area (Å²) >= 11 is 0. The zero-order chi connectivity index (χ0) is 14.6. The van der Waals surface area contributed by atoms with Gasteiger partial charge in [-0.15, -0.1) is 0 Å². The topological polar surface area (TPSA) is 75.3 Å². The number of carbonyl (C=O) groups is 1. The predicted molar refractivity (Wildman–Crippen MR) is 78.4 cm³/mol. The number of rotatable bonds is 4. The van der Waals surface area contributed by atoms with Gasteiger partial charge in [-0.2, -0.15) is 0 Å². The number of nitrogens with one attached hydrogen (secondary N) is 1. The lowest BCUT2D eigenvalue weighted by molar-refractivity contribution is 0.0907. The van der Waals surface area contributed by atoms with Gasteiger partial charge in [0.05, 0.1) is 5.54 Å². The second kappa shape index (κ2) is 5.75. The second-order valence-corrected chi connectivity index (χ2v) is 4.90. The quantitative estimate of drug-likeness (QED) is 0.795. The smallest absolute Gasteiger partial charge is 0.252 e. The van der Waals surface area contributed by atoms with Crippen molar-refractivity contribution in [3.63, 3.8) is 0 Å². The van der Waals surface area contributed by atoms with E-state index in [4.69, 9.17) is 5.73 Å². The summed E-state index contributed by atoms with van der Waals surface area (Å²) in [5, 5.41) is 12.2.